The monoisotopic (exact) mass is 359 g/mol. The Bertz CT molecular complexity index is 965. The normalized spacial score (nSPS) is 16.7. The lowest BCUT2D eigenvalue weighted by molar-refractivity contribution is -0.125. The van der Waals surface area contributed by atoms with Gasteiger partial charge in [-0.3, -0.25) is 4.79 Å². The number of rotatable bonds is 3. The van der Waals surface area contributed by atoms with Crippen LogP contribution >= 0.6 is 0 Å². The maximum Gasteiger partial charge on any atom is 0.339 e. The molecule has 1 N–H and O–H groups in total. The molecule has 130 valence electrons. The molecule has 0 radical (unpaired) electrons. The molecule has 0 saturated carbocycles. The highest BCUT2D eigenvalue weighted by atomic mass is 32.2. The Kier molecular flexibility index (Phi) is 4.34. The van der Waals surface area contributed by atoms with E-state index in [-0.39, 0.29) is 11.3 Å². The van der Waals surface area contributed by atoms with Gasteiger partial charge in [-0.05, 0) is 36.2 Å². The van der Waals surface area contributed by atoms with Crippen molar-refractivity contribution in [2.75, 3.05) is 11.6 Å². The maximum atomic E-state index is 12.5. The number of benzene rings is 2. The van der Waals surface area contributed by atoms with E-state index in [1.807, 2.05) is 0 Å². The number of hydrogen-bond donors (Lipinski definition) is 1. The summed E-state index contributed by atoms with van der Waals surface area (Å²) in [5, 5.41) is 2.66. The highest BCUT2D eigenvalue weighted by Gasteiger charge is 2.31. The number of cyclic esters (lactones) is 1. The Morgan fingerprint density at radius 3 is 2.64 bits per heavy atom. The molecule has 6 nitrogen and oxygen atoms in total. The average molecular weight is 359 g/mol. The summed E-state index contributed by atoms with van der Waals surface area (Å²) in [5.74, 6) is -1.03. The quantitative estimate of drug-likeness (QED) is 0.848. The summed E-state index contributed by atoms with van der Waals surface area (Å²) in [6.07, 6.45) is 0.422. The predicted molar refractivity (Wildman–Crippen MR) is 92.3 cm³/mol. The van der Waals surface area contributed by atoms with Crippen molar-refractivity contribution in [1.82, 2.24) is 0 Å². The molecule has 1 heterocycles. The first-order valence-electron chi connectivity index (χ1n) is 7.66. The third-order valence-electron chi connectivity index (χ3n) is 4.08. The van der Waals surface area contributed by atoms with Gasteiger partial charge in [-0.1, -0.05) is 24.3 Å². The van der Waals surface area contributed by atoms with Gasteiger partial charge in [-0.25, -0.2) is 13.2 Å². The van der Waals surface area contributed by atoms with Crippen molar-refractivity contribution < 1.29 is 22.7 Å². The fourth-order valence-electron chi connectivity index (χ4n) is 2.66. The molecule has 1 amide bonds. The number of carbonyl (C=O) groups excluding carboxylic acids is 2. The Balaban J connectivity index is 1.83. The summed E-state index contributed by atoms with van der Waals surface area (Å²) in [6, 6.07) is 11.5. The first-order chi connectivity index (χ1) is 11.8. The lowest BCUT2D eigenvalue weighted by Crippen LogP contribution is -2.38. The second kappa shape index (κ2) is 6.33. The summed E-state index contributed by atoms with van der Waals surface area (Å²) < 4.78 is 28.6. The number of carbonyl (C=O) groups is 2. The highest BCUT2D eigenvalue weighted by Crippen LogP contribution is 2.24. The summed E-state index contributed by atoms with van der Waals surface area (Å²) in [4.78, 5) is 24.6. The minimum absolute atomic E-state index is 0.111. The van der Waals surface area contributed by atoms with E-state index in [1.54, 1.807) is 37.3 Å². The molecule has 2 aromatic rings. The van der Waals surface area contributed by atoms with Crippen LogP contribution in [0.2, 0.25) is 0 Å². The Morgan fingerprint density at radius 1 is 1.20 bits per heavy atom. The average Bonchev–Trinajstić information content (AvgIpc) is 2.55. The van der Waals surface area contributed by atoms with E-state index in [2.05, 4.69) is 5.32 Å². The fourth-order valence-corrected chi connectivity index (χ4v) is 3.30. The minimum atomic E-state index is -3.39. The summed E-state index contributed by atoms with van der Waals surface area (Å²) in [6.45, 7) is 1.75. The largest absolute Gasteiger partial charge is 0.448 e. The van der Waals surface area contributed by atoms with Crippen molar-refractivity contribution in [1.29, 1.82) is 0 Å². The minimum Gasteiger partial charge on any atom is -0.448 e. The zero-order chi connectivity index (χ0) is 18.2. The molecule has 1 atom stereocenters. The molecule has 2 aromatic carbocycles. The van der Waals surface area contributed by atoms with Crippen LogP contribution in [-0.2, 0) is 25.8 Å². The van der Waals surface area contributed by atoms with Gasteiger partial charge in [0.15, 0.2) is 15.9 Å². The smallest absolute Gasteiger partial charge is 0.339 e. The van der Waals surface area contributed by atoms with Gasteiger partial charge in [0.2, 0.25) is 0 Å². The van der Waals surface area contributed by atoms with Crippen LogP contribution in [0, 0.1) is 6.92 Å². The molecule has 0 fully saturated rings. The molecule has 25 heavy (non-hydrogen) atoms. The molecule has 0 saturated heterocycles. The Hall–Kier alpha value is -2.67. The van der Waals surface area contributed by atoms with Gasteiger partial charge in [0.1, 0.15) is 0 Å². The number of nitrogens with one attached hydrogen (secondary N) is 1. The third kappa shape index (κ3) is 3.56. The van der Waals surface area contributed by atoms with E-state index in [9.17, 15) is 18.0 Å². The topological polar surface area (TPSA) is 89.5 Å². The molecular weight excluding hydrogens is 342 g/mol. The SMILES string of the molecule is Cc1ccc(S(C)(=O)=O)cc1NC(=O)[C@H]1Cc2ccccc2C(=O)O1. The number of esters is 1. The first kappa shape index (κ1) is 17.2. The fraction of sp³-hybridized carbons (Fsp3) is 0.222. The van der Waals surface area contributed by atoms with E-state index in [4.69, 9.17) is 4.74 Å². The summed E-state index contributed by atoms with van der Waals surface area (Å²) in [5.41, 5.74) is 2.30. The van der Waals surface area contributed by atoms with Crippen LogP contribution in [0.4, 0.5) is 5.69 Å². The van der Waals surface area contributed by atoms with Gasteiger partial charge < -0.3 is 10.1 Å². The predicted octanol–water partition coefficient (Wildman–Crippen LogP) is 2.12. The van der Waals surface area contributed by atoms with Crippen LogP contribution < -0.4 is 5.32 Å². The van der Waals surface area contributed by atoms with Gasteiger partial charge in [0, 0.05) is 18.4 Å². The number of anilines is 1. The zero-order valence-corrected chi connectivity index (χ0v) is 14.6. The van der Waals surface area contributed by atoms with Gasteiger partial charge >= 0.3 is 5.97 Å². The molecule has 0 aliphatic carbocycles. The zero-order valence-electron chi connectivity index (χ0n) is 13.8. The van der Waals surface area contributed by atoms with E-state index < -0.39 is 27.8 Å². The molecule has 7 heteroatoms. The van der Waals surface area contributed by atoms with E-state index in [1.165, 1.54) is 12.1 Å². The molecule has 3 rings (SSSR count). The van der Waals surface area contributed by atoms with Crippen LogP contribution in [0.25, 0.3) is 0 Å². The third-order valence-corrected chi connectivity index (χ3v) is 5.19. The van der Waals surface area contributed by atoms with Crippen LogP contribution in [0.3, 0.4) is 0 Å². The first-order valence-corrected chi connectivity index (χ1v) is 9.55. The Morgan fingerprint density at radius 2 is 1.92 bits per heavy atom. The van der Waals surface area contributed by atoms with Gasteiger partial charge in [-0.2, -0.15) is 0 Å². The number of fused-ring (bicyclic) bond motifs is 1. The highest BCUT2D eigenvalue weighted by molar-refractivity contribution is 7.90. The summed E-state index contributed by atoms with van der Waals surface area (Å²) in [7, 11) is -3.39. The van der Waals surface area contributed by atoms with Crippen LogP contribution in [-0.4, -0.2) is 32.7 Å². The Labute approximate surface area is 145 Å². The second-order valence-electron chi connectivity index (χ2n) is 5.99. The van der Waals surface area contributed by atoms with Crippen molar-refractivity contribution in [3.05, 3.63) is 59.2 Å². The molecule has 1 aliphatic rings. The molecular formula is C18H17NO5S. The number of sulfone groups is 1. The number of ether oxygens (including phenoxy) is 1. The molecule has 0 unspecified atom stereocenters. The maximum absolute atomic E-state index is 12.5. The van der Waals surface area contributed by atoms with Gasteiger partial charge in [0.25, 0.3) is 5.91 Å². The van der Waals surface area contributed by atoms with Crippen molar-refractivity contribution in [3.63, 3.8) is 0 Å². The van der Waals surface area contributed by atoms with E-state index in [0.29, 0.717) is 16.8 Å². The van der Waals surface area contributed by atoms with Crippen molar-refractivity contribution >= 4 is 27.4 Å². The van der Waals surface area contributed by atoms with Gasteiger partial charge in [-0.15, -0.1) is 0 Å². The number of amides is 1. The van der Waals surface area contributed by atoms with Crippen molar-refractivity contribution in [2.24, 2.45) is 0 Å². The molecule has 0 bridgehead atoms. The van der Waals surface area contributed by atoms with Crippen LogP contribution in [0.15, 0.2) is 47.4 Å². The van der Waals surface area contributed by atoms with Crippen LogP contribution in [0.5, 0.6) is 0 Å². The molecule has 1 aliphatic heterocycles. The lowest BCUT2D eigenvalue weighted by atomic mass is 9.98. The lowest BCUT2D eigenvalue weighted by Gasteiger charge is -2.24. The second-order valence-corrected chi connectivity index (χ2v) is 8.01. The number of hydrogen-bond acceptors (Lipinski definition) is 5. The molecule has 0 aromatic heterocycles. The standard InChI is InChI=1S/C18H17NO5S/c1-11-7-8-13(25(2,22)23)10-15(11)19-17(20)16-9-12-5-3-4-6-14(12)18(21)24-16/h3-8,10,16H,9H2,1-2H3,(H,19,20)/t16-/m1/s1. The van der Waals surface area contributed by atoms with Crippen molar-refractivity contribution in [2.45, 2.75) is 24.3 Å². The van der Waals surface area contributed by atoms with Crippen molar-refractivity contribution in [3.8, 4) is 0 Å². The van der Waals surface area contributed by atoms with Crippen LogP contribution in [0.1, 0.15) is 21.5 Å². The van der Waals surface area contributed by atoms with E-state index >= 15 is 0 Å². The molecule has 0 spiro atoms. The van der Waals surface area contributed by atoms with E-state index in [0.717, 1.165) is 11.8 Å². The number of aryl methyl sites for hydroxylation is 1. The van der Waals surface area contributed by atoms with Gasteiger partial charge in [0.05, 0.1) is 10.5 Å². The summed E-state index contributed by atoms with van der Waals surface area (Å²) >= 11 is 0.